The van der Waals surface area contributed by atoms with Gasteiger partial charge in [0.05, 0.1) is 24.4 Å². The lowest BCUT2D eigenvalue weighted by Crippen LogP contribution is -2.30. The molecule has 4 rings (SSSR count). The molecule has 0 spiro atoms. The zero-order valence-electron chi connectivity index (χ0n) is 20.5. The monoisotopic (exact) mass is 532 g/mol. The maximum atomic E-state index is 5.73. The van der Waals surface area contributed by atoms with E-state index < -0.39 is 0 Å². The highest BCUT2D eigenvalue weighted by Crippen LogP contribution is 2.38. The van der Waals surface area contributed by atoms with Gasteiger partial charge in [0.1, 0.15) is 19.0 Å². The molecule has 0 radical (unpaired) electrons. The number of anilines is 1. The van der Waals surface area contributed by atoms with Crippen LogP contribution in [0.4, 0.5) is 5.69 Å². The number of ether oxygens (including phenoxy) is 3. The summed E-state index contributed by atoms with van der Waals surface area (Å²) in [5.41, 5.74) is 6.51. The van der Waals surface area contributed by atoms with E-state index in [9.17, 15) is 0 Å². The fraction of sp³-hybridized carbons (Fsp3) is 0.276. The number of nitrogens with zero attached hydrogens (tertiary/aromatic N) is 2. The van der Waals surface area contributed by atoms with Crippen LogP contribution >= 0.6 is 15.9 Å². The van der Waals surface area contributed by atoms with Crippen LogP contribution in [-0.2, 0) is 6.54 Å². The van der Waals surface area contributed by atoms with E-state index in [0.29, 0.717) is 30.6 Å². The summed E-state index contributed by atoms with van der Waals surface area (Å²) >= 11 is 3.60. The van der Waals surface area contributed by atoms with E-state index >= 15 is 0 Å². The molecular weight excluding hydrogens is 504 g/mol. The molecule has 0 saturated heterocycles. The first-order valence-corrected chi connectivity index (χ1v) is 12.2. The molecule has 1 heterocycles. The third-order valence-electron chi connectivity index (χ3n) is 6.00. The quantitative estimate of drug-likeness (QED) is 0.314. The van der Waals surface area contributed by atoms with Gasteiger partial charge in [-0.3, -0.25) is 4.99 Å². The van der Waals surface area contributed by atoms with Gasteiger partial charge in [0.15, 0.2) is 11.5 Å². The summed E-state index contributed by atoms with van der Waals surface area (Å²) in [5.74, 6) is 5.09. The van der Waals surface area contributed by atoms with Crippen molar-refractivity contribution in [1.82, 2.24) is 0 Å². The van der Waals surface area contributed by atoms with Crippen molar-refractivity contribution in [1.29, 1.82) is 0 Å². The Morgan fingerprint density at radius 3 is 2.49 bits per heavy atom. The third kappa shape index (κ3) is 5.31. The normalized spacial score (nSPS) is 12.6. The van der Waals surface area contributed by atoms with E-state index in [4.69, 9.17) is 25.6 Å². The maximum absolute atomic E-state index is 5.73. The Bertz CT molecular complexity index is 1280. The highest BCUT2D eigenvalue weighted by Gasteiger charge is 2.23. The van der Waals surface area contributed by atoms with Gasteiger partial charge >= 0.3 is 0 Å². The maximum Gasteiger partial charge on any atom is 0.174 e. The van der Waals surface area contributed by atoms with E-state index in [1.54, 1.807) is 14.2 Å². The van der Waals surface area contributed by atoms with Gasteiger partial charge in [-0.2, -0.15) is 0 Å². The van der Waals surface area contributed by atoms with Gasteiger partial charge in [-0.05, 0) is 63.3 Å². The fourth-order valence-electron chi connectivity index (χ4n) is 4.20. The number of rotatable bonds is 8. The van der Waals surface area contributed by atoms with Gasteiger partial charge in [0, 0.05) is 23.4 Å². The summed E-state index contributed by atoms with van der Waals surface area (Å²) < 4.78 is 17.6. The van der Waals surface area contributed by atoms with Crippen LogP contribution in [0.15, 0.2) is 64.1 Å². The van der Waals surface area contributed by atoms with Gasteiger partial charge in [-0.1, -0.05) is 44.0 Å². The molecule has 0 atom stereocenters. The number of hydrogen-bond donors (Lipinski definition) is 0. The largest absolute Gasteiger partial charge is 0.493 e. The molecule has 0 saturated carbocycles. The number of terminal acetylenes is 1. The molecular formula is C29H29BrN2O3. The predicted molar refractivity (Wildman–Crippen MR) is 145 cm³/mol. The first-order chi connectivity index (χ1) is 16.9. The lowest BCUT2D eigenvalue weighted by atomic mass is 9.95. The summed E-state index contributed by atoms with van der Waals surface area (Å²) in [6.07, 6.45) is 5.41. The molecule has 3 aromatic carbocycles. The molecule has 5 nitrogen and oxygen atoms in total. The first kappa shape index (κ1) is 24.7. The van der Waals surface area contributed by atoms with Crippen molar-refractivity contribution < 1.29 is 14.2 Å². The first-order valence-electron chi connectivity index (χ1n) is 11.5. The van der Waals surface area contributed by atoms with Crippen LogP contribution in [0.5, 0.6) is 17.2 Å². The van der Waals surface area contributed by atoms with Crippen LogP contribution < -0.4 is 19.1 Å². The van der Waals surface area contributed by atoms with Gasteiger partial charge in [0.2, 0.25) is 0 Å². The average Bonchev–Trinajstić information content (AvgIpc) is 2.87. The Labute approximate surface area is 215 Å². The molecule has 1 aliphatic heterocycles. The molecule has 0 amide bonds. The fourth-order valence-corrected chi connectivity index (χ4v) is 4.85. The minimum Gasteiger partial charge on any atom is -0.493 e. The van der Waals surface area contributed by atoms with Gasteiger partial charge in [-0.15, -0.1) is 6.42 Å². The average molecular weight is 533 g/mol. The zero-order chi connectivity index (χ0) is 24.9. The Kier molecular flexibility index (Phi) is 7.67. The molecule has 0 aliphatic carbocycles. The number of hydrogen-bond acceptors (Lipinski definition) is 5. The van der Waals surface area contributed by atoms with Crippen LogP contribution in [0.3, 0.4) is 0 Å². The summed E-state index contributed by atoms with van der Waals surface area (Å²) in [6, 6.07) is 18.8. The van der Waals surface area contributed by atoms with E-state index in [0.717, 1.165) is 38.3 Å². The Morgan fingerprint density at radius 2 is 1.83 bits per heavy atom. The van der Waals surface area contributed by atoms with E-state index in [1.165, 1.54) is 5.56 Å². The van der Waals surface area contributed by atoms with Crippen LogP contribution in [0.1, 0.15) is 42.0 Å². The molecule has 0 N–H and O–H groups in total. The number of aliphatic imine (C=N–C) groups is 1. The van der Waals surface area contributed by atoms with Crippen LogP contribution in [0.25, 0.3) is 0 Å². The molecule has 0 unspecified atom stereocenters. The van der Waals surface area contributed by atoms with E-state index in [1.807, 2.05) is 18.2 Å². The minimum atomic E-state index is 0.220. The minimum absolute atomic E-state index is 0.220. The Morgan fingerprint density at radius 1 is 1.06 bits per heavy atom. The number of methoxy groups -OCH3 is 2. The summed E-state index contributed by atoms with van der Waals surface area (Å²) in [7, 11) is 3.27. The topological polar surface area (TPSA) is 43.3 Å². The highest BCUT2D eigenvalue weighted by molar-refractivity contribution is 9.10. The molecule has 0 bridgehead atoms. The van der Waals surface area contributed by atoms with Crippen molar-refractivity contribution >= 4 is 27.3 Å². The van der Waals surface area contributed by atoms with Crippen molar-refractivity contribution in [3.8, 4) is 29.6 Å². The van der Waals surface area contributed by atoms with Gasteiger partial charge in [-0.25, -0.2) is 0 Å². The SMILES string of the molecule is C#CCOc1ccc2c(c1)C(c1ccc(C(C)C)cc1)=NCN2Cc1cc(Br)c(OC)c(OC)c1. The van der Waals surface area contributed by atoms with E-state index in [-0.39, 0.29) is 6.61 Å². The van der Waals surface area contributed by atoms with Crippen molar-refractivity contribution in [3.63, 3.8) is 0 Å². The van der Waals surface area contributed by atoms with Crippen molar-refractivity contribution in [2.24, 2.45) is 4.99 Å². The molecule has 180 valence electrons. The molecule has 0 fully saturated rings. The summed E-state index contributed by atoms with van der Waals surface area (Å²) in [4.78, 5) is 7.23. The van der Waals surface area contributed by atoms with Crippen molar-refractivity contribution in [2.45, 2.75) is 26.3 Å². The predicted octanol–water partition coefficient (Wildman–Crippen LogP) is 6.42. The zero-order valence-corrected chi connectivity index (χ0v) is 22.1. The molecule has 3 aromatic rings. The second kappa shape index (κ2) is 10.9. The second-order valence-corrected chi connectivity index (χ2v) is 9.46. The lowest BCUT2D eigenvalue weighted by Gasteiger charge is -2.31. The van der Waals surface area contributed by atoms with Crippen molar-refractivity contribution in [3.05, 3.63) is 81.3 Å². The molecule has 1 aliphatic rings. The van der Waals surface area contributed by atoms with Crippen LogP contribution in [-0.4, -0.2) is 33.2 Å². The smallest absolute Gasteiger partial charge is 0.174 e. The van der Waals surface area contributed by atoms with Crippen LogP contribution in [0.2, 0.25) is 0 Å². The lowest BCUT2D eigenvalue weighted by molar-refractivity contribution is 0.352. The van der Waals surface area contributed by atoms with Gasteiger partial charge < -0.3 is 19.1 Å². The van der Waals surface area contributed by atoms with Crippen LogP contribution in [0, 0.1) is 12.3 Å². The third-order valence-corrected chi connectivity index (χ3v) is 6.59. The summed E-state index contributed by atoms with van der Waals surface area (Å²) in [5, 5.41) is 0. The number of halogens is 1. The highest BCUT2D eigenvalue weighted by atomic mass is 79.9. The molecule has 35 heavy (non-hydrogen) atoms. The standard InChI is InChI=1S/C29H29BrN2O3/c1-6-13-35-23-11-12-26-24(16-23)28(22-9-7-21(8-10-22)19(2)3)31-18-32(26)17-20-14-25(30)29(34-5)27(15-20)33-4/h1,7-12,14-16,19H,13,17-18H2,2-5H3. The Hall–Kier alpha value is -3.43. The number of benzene rings is 3. The van der Waals surface area contributed by atoms with E-state index in [2.05, 4.69) is 77.0 Å². The summed E-state index contributed by atoms with van der Waals surface area (Å²) in [6.45, 7) is 5.80. The Balaban J connectivity index is 1.71. The van der Waals surface area contributed by atoms with Gasteiger partial charge in [0.25, 0.3) is 0 Å². The molecule has 6 heteroatoms. The second-order valence-electron chi connectivity index (χ2n) is 8.61. The van der Waals surface area contributed by atoms with Crippen molar-refractivity contribution in [2.75, 3.05) is 32.4 Å². The molecule has 0 aromatic heterocycles. The number of fused-ring (bicyclic) bond motifs is 1.